The molecular formula is C17H18ClN5S. The number of aromatic nitrogens is 4. The SMILES string of the molecule is CN(c1ncnc2[nH]ccc12)C1CC(CSc2ccc(Cl)cn2)C1. The Morgan fingerprint density at radius 2 is 2.12 bits per heavy atom. The summed E-state index contributed by atoms with van der Waals surface area (Å²) in [5.41, 5.74) is 0.895. The van der Waals surface area contributed by atoms with Gasteiger partial charge in [0.15, 0.2) is 0 Å². The van der Waals surface area contributed by atoms with E-state index in [-0.39, 0.29) is 0 Å². The van der Waals surface area contributed by atoms with Crippen LogP contribution in [0, 0.1) is 5.92 Å². The molecule has 124 valence electrons. The third kappa shape index (κ3) is 3.08. The standard InChI is InChI=1S/C17H18ClN5S/c1-23(17-14-4-5-19-16(14)21-10-22-17)13-6-11(7-13)9-24-15-3-2-12(18)8-20-15/h2-5,8,10-11,13H,6-7,9H2,1H3,(H,19,21,22). The molecule has 0 aliphatic heterocycles. The number of nitrogens with one attached hydrogen (secondary N) is 1. The number of pyridine rings is 1. The van der Waals surface area contributed by atoms with E-state index >= 15 is 0 Å². The molecule has 0 amide bonds. The molecule has 24 heavy (non-hydrogen) atoms. The van der Waals surface area contributed by atoms with Gasteiger partial charge in [0.05, 0.1) is 15.4 Å². The lowest BCUT2D eigenvalue weighted by molar-refractivity contribution is 0.286. The fraction of sp³-hybridized carbons (Fsp3) is 0.353. The molecule has 1 aliphatic rings. The van der Waals surface area contributed by atoms with Gasteiger partial charge in [-0.05, 0) is 37.0 Å². The normalized spacial score (nSPS) is 20.1. The number of hydrogen-bond donors (Lipinski definition) is 1. The summed E-state index contributed by atoms with van der Waals surface area (Å²) in [6.45, 7) is 0. The highest BCUT2D eigenvalue weighted by Gasteiger charge is 2.33. The van der Waals surface area contributed by atoms with Crippen LogP contribution >= 0.6 is 23.4 Å². The molecule has 7 heteroatoms. The number of aromatic amines is 1. The molecule has 1 aliphatic carbocycles. The van der Waals surface area contributed by atoms with E-state index in [1.54, 1.807) is 12.5 Å². The Hall–Kier alpha value is -1.79. The van der Waals surface area contributed by atoms with E-state index in [4.69, 9.17) is 11.6 Å². The van der Waals surface area contributed by atoms with Gasteiger partial charge < -0.3 is 9.88 Å². The molecule has 1 fully saturated rings. The largest absolute Gasteiger partial charge is 0.356 e. The van der Waals surface area contributed by atoms with Gasteiger partial charge in [-0.1, -0.05) is 11.6 Å². The van der Waals surface area contributed by atoms with Crippen molar-refractivity contribution in [2.45, 2.75) is 23.9 Å². The average Bonchev–Trinajstić information content (AvgIpc) is 3.03. The van der Waals surface area contributed by atoms with Gasteiger partial charge in [-0.2, -0.15) is 0 Å². The number of nitrogens with zero attached hydrogens (tertiary/aromatic N) is 4. The maximum absolute atomic E-state index is 5.87. The van der Waals surface area contributed by atoms with Crippen LogP contribution in [0.3, 0.4) is 0 Å². The van der Waals surface area contributed by atoms with E-state index in [2.05, 4.69) is 31.9 Å². The van der Waals surface area contributed by atoms with Gasteiger partial charge in [-0.3, -0.25) is 0 Å². The van der Waals surface area contributed by atoms with Crippen molar-refractivity contribution in [3.63, 3.8) is 0 Å². The molecule has 4 rings (SSSR count). The summed E-state index contributed by atoms with van der Waals surface area (Å²) in [7, 11) is 2.13. The van der Waals surface area contributed by atoms with Crippen molar-refractivity contribution in [2.24, 2.45) is 5.92 Å². The summed E-state index contributed by atoms with van der Waals surface area (Å²) in [6.07, 6.45) is 7.62. The molecule has 0 atom stereocenters. The molecule has 3 aromatic rings. The van der Waals surface area contributed by atoms with Crippen molar-refractivity contribution in [2.75, 3.05) is 17.7 Å². The van der Waals surface area contributed by atoms with Gasteiger partial charge in [-0.25, -0.2) is 15.0 Å². The molecule has 0 spiro atoms. The summed E-state index contributed by atoms with van der Waals surface area (Å²) in [4.78, 5) is 18.5. The van der Waals surface area contributed by atoms with Crippen molar-refractivity contribution in [1.29, 1.82) is 0 Å². The number of thioether (sulfide) groups is 1. The van der Waals surface area contributed by atoms with Crippen LogP contribution in [0.4, 0.5) is 5.82 Å². The van der Waals surface area contributed by atoms with E-state index < -0.39 is 0 Å². The summed E-state index contributed by atoms with van der Waals surface area (Å²) in [6, 6.07) is 6.46. The maximum Gasteiger partial charge on any atom is 0.142 e. The number of H-pyrrole nitrogens is 1. The molecule has 3 aromatic heterocycles. The number of rotatable bonds is 5. The average molecular weight is 360 g/mol. The molecule has 1 N–H and O–H groups in total. The van der Waals surface area contributed by atoms with Crippen molar-refractivity contribution in [3.8, 4) is 0 Å². The molecule has 0 radical (unpaired) electrons. The lowest BCUT2D eigenvalue weighted by Gasteiger charge is -2.41. The first-order valence-electron chi connectivity index (χ1n) is 7.96. The highest BCUT2D eigenvalue weighted by molar-refractivity contribution is 7.99. The van der Waals surface area contributed by atoms with Crippen LogP contribution in [0.2, 0.25) is 5.02 Å². The number of halogens is 1. The first-order valence-corrected chi connectivity index (χ1v) is 9.32. The highest BCUT2D eigenvalue weighted by Crippen LogP contribution is 2.37. The molecule has 0 bridgehead atoms. The van der Waals surface area contributed by atoms with Crippen LogP contribution in [0.1, 0.15) is 12.8 Å². The predicted octanol–water partition coefficient (Wildman–Crippen LogP) is 4.01. The maximum atomic E-state index is 5.87. The van der Waals surface area contributed by atoms with Gasteiger partial charge in [0, 0.05) is 31.2 Å². The van der Waals surface area contributed by atoms with Gasteiger partial charge in [0.1, 0.15) is 17.8 Å². The van der Waals surface area contributed by atoms with Crippen molar-refractivity contribution in [1.82, 2.24) is 19.9 Å². The van der Waals surface area contributed by atoms with Crippen LogP contribution in [0.5, 0.6) is 0 Å². The predicted molar refractivity (Wildman–Crippen MR) is 98.8 cm³/mol. The minimum absolute atomic E-state index is 0.543. The van der Waals surface area contributed by atoms with E-state index in [9.17, 15) is 0 Å². The van der Waals surface area contributed by atoms with Crippen molar-refractivity contribution < 1.29 is 0 Å². The van der Waals surface area contributed by atoms with Gasteiger partial charge in [-0.15, -0.1) is 11.8 Å². The minimum atomic E-state index is 0.543. The molecule has 5 nitrogen and oxygen atoms in total. The second kappa shape index (κ2) is 6.61. The van der Waals surface area contributed by atoms with Gasteiger partial charge in [0.2, 0.25) is 0 Å². The molecule has 1 saturated carbocycles. The Morgan fingerprint density at radius 1 is 1.25 bits per heavy atom. The third-order valence-electron chi connectivity index (χ3n) is 4.59. The van der Waals surface area contributed by atoms with Crippen molar-refractivity contribution in [3.05, 3.63) is 41.9 Å². The lowest BCUT2D eigenvalue weighted by Crippen LogP contribution is -2.43. The summed E-state index contributed by atoms with van der Waals surface area (Å²) in [5, 5.41) is 2.81. The van der Waals surface area contributed by atoms with Gasteiger partial charge >= 0.3 is 0 Å². The van der Waals surface area contributed by atoms with Crippen LogP contribution in [0.25, 0.3) is 11.0 Å². The number of fused-ring (bicyclic) bond motifs is 1. The van der Waals surface area contributed by atoms with Crippen LogP contribution < -0.4 is 4.90 Å². The summed E-state index contributed by atoms with van der Waals surface area (Å²) in [5.74, 6) is 2.84. The first kappa shape index (κ1) is 15.7. The fourth-order valence-electron chi connectivity index (χ4n) is 3.12. The summed E-state index contributed by atoms with van der Waals surface area (Å²) < 4.78 is 0. The molecule has 3 heterocycles. The number of anilines is 1. The summed E-state index contributed by atoms with van der Waals surface area (Å²) >= 11 is 7.68. The second-order valence-corrected chi connectivity index (χ2v) is 7.64. The number of hydrogen-bond acceptors (Lipinski definition) is 5. The second-order valence-electron chi connectivity index (χ2n) is 6.17. The zero-order valence-corrected chi connectivity index (χ0v) is 14.9. The first-order chi connectivity index (χ1) is 11.7. The van der Waals surface area contributed by atoms with Gasteiger partial charge in [0.25, 0.3) is 0 Å². The topological polar surface area (TPSA) is 57.7 Å². The monoisotopic (exact) mass is 359 g/mol. The Balaban J connectivity index is 1.33. The zero-order chi connectivity index (χ0) is 16.5. The van der Waals surface area contributed by atoms with Crippen LogP contribution in [0.15, 0.2) is 41.9 Å². The lowest BCUT2D eigenvalue weighted by atomic mass is 9.81. The fourth-order valence-corrected chi connectivity index (χ4v) is 4.20. The van der Waals surface area contributed by atoms with E-state index in [0.717, 1.165) is 33.5 Å². The van der Waals surface area contributed by atoms with E-state index in [1.807, 2.05) is 36.2 Å². The quantitative estimate of drug-likeness (QED) is 0.697. The van der Waals surface area contributed by atoms with Crippen molar-refractivity contribution >= 4 is 40.2 Å². The Bertz CT molecular complexity index is 828. The van der Waals surface area contributed by atoms with Crippen LogP contribution in [-0.2, 0) is 0 Å². The highest BCUT2D eigenvalue weighted by atomic mass is 35.5. The molecule has 0 unspecified atom stereocenters. The third-order valence-corrected chi connectivity index (χ3v) is 5.99. The zero-order valence-electron chi connectivity index (χ0n) is 13.3. The van der Waals surface area contributed by atoms with E-state index in [1.165, 1.54) is 12.8 Å². The molecule has 0 saturated heterocycles. The Morgan fingerprint density at radius 3 is 2.92 bits per heavy atom. The Kier molecular flexibility index (Phi) is 4.33. The molecular weight excluding hydrogens is 342 g/mol. The van der Waals surface area contributed by atoms with Crippen LogP contribution in [-0.4, -0.2) is 38.8 Å². The Labute approximate surface area is 149 Å². The molecule has 0 aromatic carbocycles. The van der Waals surface area contributed by atoms with E-state index in [0.29, 0.717) is 11.1 Å². The smallest absolute Gasteiger partial charge is 0.142 e. The minimum Gasteiger partial charge on any atom is -0.356 e.